The van der Waals surface area contributed by atoms with Crippen molar-refractivity contribution in [3.63, 3.8) is 0 Å². The minimum absolute atomic E-state index is 0.172. The SMILES string of the molecule is CC(CCc1ncccn1)Nc1nc(C(=O)O)c([N+](=O)[O-])cc1C(F)(F)F. The standard InChI is InChI=1S/C15H14F3N5O4/c1-8(3-4-11-19-5-2-6-20-11)21-13-9(15(16,17)18)7-10(23(26)27)12(22-13)14(24)25/h2,5-8H,3-4H2,1H3,(H,21,22)(H,24,25). The van der Waals surface area contributed by atoms with Crippen molar-refractivity contribution in [2.45, 2.75) is 32.0 Å². The molecule has 0 fully saturated rings. The van der Waals surface area contributed by atoms with E-state index in [-0.39, 0.29) is 6.07 Å². The number of alkyl halides is 3. The van der Waals surface area contributed by atoms with Crippen molar-refractivity contribution >= 4 is 17.5 Å². The number of hydrogen-bond donors (Lipinski definition) is 2. The summed E-state index contributed by atoms with van der Waals surface area (Å²) in [6, 6.07) is 1.23. The van der Waals surface area contributed by atoms with Crippen LogP contribution in [-0.4, -0.2) is 37.0 Å². The largest absolute Gasteiger partial charge is 0.476 e. The van der Waals surface area contributed by atoms with Gasteiger partial charge in [0.25, 0.3) is 0 Å². The Kier molecular flexibility index (Phi) is 5.88. The molecule has 2 aromatic heterocycles. The zero-order chi connectivity index (χ0) is 20.2. The van der Waals surface area contributed by atoms with E-state index in [1.165, 1.54) is 12.4 Å². The second kappa shape index (κ2) is 7.93. The molecular formula is C15H14F3N5O4. The number of anilines is 1. The maximum Gasteiger partial charge on any atom is 0.420 e. The molecule has 0 spiro atoms. The normalized spacial score (nSPS) is 12.4. The van der Waals surface area contributed by atoms with Crippen LogP contribution in [-0.2, 0) is 12.6 Å². The van der Waals surface area contributed by atoms with E-state index in [2.05, 4.69) is 20.3 Å². The Morgan fingerprint density at radius 3 is 2.52 bits per heavy atom. The van der Waals surface area contributed by atoms with E-state index >= 15 is 0 Å². The van der Waals surface area contributed by atoms with Gasteiger partial charge < -0.3 is 10.4 Å². The van der Waals surface area contributed by atoms with Gasteiger partial charge in [-0.2, -0.15) is 13.2 Å². The van der Waals surface area contributed by atoms with Gasteiger partial charge in [0.15, 0.2) is 0 Å². The van der Waals surface area contributed by atoms with Crippen molar-refractivity contribution in [2.24, 2.45) is 0 Å². The first-order chi connectivity index (χ1) is 12.6. The number of aromatic carboxylic acids is 1. The number of pyridine rings is 1. The summed E-state index contributed by atoms with van der Waals surface area (Å²) in [6.07, 6.45) is -1.23. The molecule has 0 bridgehead atoms. The smallest absolute Gasteiger partial charge is 0.420 e. The van der Waals surface area contributed by atoms with Crippen LogP contribution in [0.25, 0.3) is 0 Å². The second-order valence-corrected chi connectivity index (χ2v) is 5.56. The van der Waals surface area contributed by atoms with Crippen molar-refractivity contribution < 1.29 is 28.0 Å². The summed E-state index contributed by atoms with van der Waals surface area (Å²) >= 11 is 0. The number of nitrogens with one attached hydrogen (secondary N) is 1. The summed E-state index contributed by atoms with van der Waals surface area (Å²) in [6.45, 7) is 1.56. The van der Waals surface area contributed by atoms with Crippen LogP contribution in [0.4, 0.5) is 24.7 Å². The summed E-state index contributed by atoms with van der Waals surface area (Å²) in [5.74, 6) is -2.10. The van der Waals surface area contributed by atoms with E-state index in [0.717, 1.165) is 0 Å². The van der Waals surface area contributed by atoms with Crippen LogP contribution < -0.4 is 5.32 Å². The average Bonchev–Trinajstić information content (AvgIpc) is 2.59. The lowest BCUT2D eigenvalue weighted by molar-refractivity contribution is -0.385. The highest BCUT2D eigenvalue weighted by Crippen LogP contribution is 2.37. The quantitative estimate of drug-likeness (QED) is 0.549. The summed E-state index contributed by atoms with van der Waals surface area (Å²) in [4.78, 5) is 32.2. The summed E-state index contributed by atoms with van der Waals surface area (Å²) in [5, 5.41) is 22.4. The molecule has 0 aliphatic carbocycles. The van der Waals surface area contributed by atoms with Gasteiger partial charge in [0.05, 0.1) is 4.92 Å². The maximum absolute atomic E-state index is 13.3. The Hall–Kier alpha value is -3.31. The number of rotatable bonds is 7. The minimum atomic E-state index is -4.96. The number of carboxylic acids is 1. The van der Waals surface area contributed by atoms with Gasteiger partial charge in [0.2, 0.25) is 5.69 Å². The van der Waals surface area contributed by atoms with Crippen LogP contribution in [0.3, 0.4) is 0 Å². The highest BCUT2D eigenvalue weighted by Gasteiger charge is 2.39. The fraction of sp³-hybridized carbons (Fsp3) is 0.333. The molecule has 0 saturated carbocycles. The van der Waals surface area contributed by atoms with Gasteiger partial charge >= 0.3 is 17.8 Å². The Bertz CT molecular complexity index is 845. The van der Waals surface area contributed by atoms with Gasteiger partial charge in [-0.1, -0.05) is 0 Å². The molecular weight excluding hydrogens is 371 g/mol. The van der Waals surface area contributed by atoms with Crippen molar-refractivity contribution in [3.05, 3.63) is 51.7 Å². The van der Waals surface area contributed by atoms with Crippen molar-refractivity contribution in [1.29, 1.82) is 0 Å². The van der Waals surface area contributed by atoms with Crippen molar-refractivity contribution in [2.75, 3.05) is 5.32 Å². The molecule has 0 aliphatic heterocycles. The molecule has 1 atom stereocenters. The lowest BCUT2D eigenvalue weighted by Crippen LogP contribution is -2.22. The second-order valence-electron chi connectivity index (χ2n) is 5.56. The molecule has 2 rings (SSSR count). The molecule has 2 aromatic rings. The first kappa shape index (κ1) is 20.0. The first-order valence-electron chi connectivity index (χ1n) is 7.62. The van der Waals surface area contributed by atoms with Gasteiger partial charge in [-0.15, -0.1) is 0 Å². The van der Waals surface area contributed by atoms with E-state index in [1.54, 1.807) is 13.0 Å². The number of nitro groups is 1. The fourth-order valence-corrected chi connectivity index (χ4v) is 2.24. The van der Waals surface area contributed by atoms with Crippen LogP contribution >= 0.6 is 0 Å². The van der Waals surface area contributed by atoms with E-state index in [1.807, 2.05) is 0 Å². The molecule has 9 nitrogen and oxygen atoms in total. The molecule has 144 valence electrons. The van der Waals surface area contributed by atoms with Gasteiger partial charge in [0, 0.05) is 30.9 Å². The molecule has 0 saturated heterocycles. The van der Waals surface area contributed by atoms with E-state index < -0.39 is 45.9 Å². The molecule has 0 radical (unpaired) electrons. The average molecular weight is 385 g/mol. The highest BCUT2D eigenvalue weighted by molar-refractivity contribution is 5.91. The molecule has 2 heterocycles. The first-order valence-corrected chi connectivity index (χ1v) is 7.62. The Morgan fingerprint density at radius 1 is 1.37 bits per heavy atom. The van der Waals surface area contributed by atoms with Gasteiger partial charge in [-0.05, 0) is 19.4 Å². The Balaban J connectivity index is 2.31. The van der Waals surface area contributed by atoms with E-state index in [0.29, 0.717) is 18.7 Å². The molecule has 0 amide bonds. The highest BCUT2D eigenvalue weighted by atomic mass is 19.4. The Morgan fingerprint density at radius 2 is 2.00 bits per heavy atom. The number of hydrogen-bond acceptors (Lipinski definition) is 7. The number of halogens is 3. The lowest BCUT2D eigenvalue weighted by atomic mass is 10.1. The third-order valence-corrected chi connectivity index (χ3v) is 3.51. The fourth-order valence-electron chi connectivity index (χ4n) is 2.24. The van der Waals surface area contributed by atoms with Crippen LogP contribution in [0, 0.1) is 10.1 Å². The molecule has 27 heavy (non-hydrogen) atoms. The van der Waals surface area contributed by atoms with Crippen LogP contribution in [0.15, 0.2) is 24.5 Å². The number of aryl methyl sites for hydroxylation is 1. The van der Waals surface area contributed by atoms with Gasteiger partial charge in [-0.25, -0.2) is 19.7 Å². The molecule has 0 aromatic carbocycles. The van der Waals surface area contributed by atoms with Crippen LogP contribution in [0.1, 0.15) is 35.2 Å². The lowest BCUT2D eigenvalue weighted by Gasteiger charge is -2.18. The van der Waals surface area contributed by atoms with Gasteiger partial charge in [-0.3, -0.25) is 10.1 Å². The van der Waals surface area contributed by atoms with Crippen LogP contribution in [0.2, 0.25) is 0 Å². The summed E-state index contributed by atoms with van der Waals surface area (Å²) in [5.41, 5.74) is -3.72. The Labute approximate surface area is 150 Å². The van der Waals surface area contributed by atoms with Crippen molar-refractivity contribution in [3.8, 4) is 0 Å². The van der Waals surface area contributed by atoms with Gasteiger partial charge in [0.1, 0.15) is 17.2 Å². The predicted molar refractivity (Wildman–Crippen MR) is 86.3 cm³/mol. The summed E-state index contributed by atoms with van der Waals surface area (Å²) in [7, 11) is 0. The summed E-state index contributed by atoms with van der Waals surface area (Å²) < 4.78 is 39.8. The van der Waals surface area contributed by atoms with Crippen molar-refractivity contribution in [1.82, 2.24) is 15.0 Å². The third-order valence-electron chi connectivity index (χ3n) is 3.51. The molecule has 2 N–H and O–H groups in total. The van der Waals surface area contributed by atoms with E-state index in [9.17, 15) is 28.1 Å². The zero-order valence-electron chi connectivity index (χ0n) is 13.9. The maximum atomic E-state index is 13.3. The topological polar surface area (TPSA) is 131 Å². The molecule has 1 unspecified atom stereocenters. The number of nitrogens with zero attached hydrogens (tertiary/aromatic N) is 4. The van der Waals surface area contributed by atoms with E-state index in [4.69, 9.17) is 5.11 Å². The number of aromatic nitrogens is 3. The number of carboxylic acid groups (broad SMARTS) is 1. The predicted octanol–water partition coefficient (Wildman–Crippen LogP) is 2.93. The minimum Gasteiger partial charge on any atom is -0.476 e. The molecule has 0 aliphatic rings. The van der Waals surface area contributed by atoms with Crippen LogP contribution in [0.5, 0.6) is 0 Å². The zero-order valence-corrected chi connectivity index (χ0v) is 13.9. The monoisotopic (exact) mass is 385 g/mol. The molecule has 12 heteroatoms. The number of carbonyl (C=O) groups is 1. The third kappa shape index (κ3) is 5.09.